The molecule has 0 fully saturated rings. The maximum Gasteiger partial charge on any atom is 0.406 e. The second-order valence-electron chi connectivity index (χ2n) is 4.31. The van der Waals surface area contributed by atoms with Crippen molar-refractivity contribution in [2.24, 2.45) is 16.0 Å². The van der Waals surface area contributed by atoms with Crippen LogP contribution < -0.4 is 5.73 Å². The quantitative estimate of drug-likeness (QED) is 0.858. The first kappa shape index (κ1) is 13.7. The van der Waals surface area contributed by atoms with Gasteiger partial charge in [-0.1, -0.05) is 48.5 Å². The zero-order valence-electron chi connectivity index (χ0n) is 11.1. The van der Waals surface area contributed by atoms with Crippen LogP contribution in [0.2, 0.25) is 0 Å². The Hall–Kier alpha value is -2.69. The SMILES string of the molecule is CC(N=Nc1ccccc1)(OC(N)=O)c1ccccc1. The monoisotopic (exact) mass is 269 g/mol. The molecule has 2 N–H and O–H groups in total. The average Bonchev–Trinajstić information content (AvgIpc) is 2.47. The fraction of sp³-hybridized carbons (Fsp3) is 0.133. The molecule has 2 aromatic rings. The van der Waals surface area contributed by atoms with E-state index in [1.807, 2.05) is 36.4 Å². The highest BCUT2D eigenvalue weighted by Gasteiger charge is 2.30. The van der Waals surface area contributed by atoms with Crippen LogP contribution in [0, 0.1) is 0 Å². The molecule has 5 nitrogen and oxygen atoms in total. The number of hydrogen-bond acceptors (Lipinski definition) is 4. The zero-order valence-corrected chi connectivity index (χ0v) is 11.1. The van der Waals surface area contributed by atoms with E-state index in [9.17, 15) is 4.79 Å². The van der Waals surface area contributed by atoms with Crippen LogP contribution in [0.5, 0.6) is 0 Å². The number of carbonyl (C=O) groups excluding carboxylic acids is 1. The molecule has 0 radical (unpaired) electrons. The molecule has 0 spiro atoms. The standard InChI is InChI=1S/C15H15N3O2/c1-15(20-14(16)19,12-8-4-2-5-9-12)18-17-13-10-6-3-7-11-13/h2-11H,1H3,(H2,16,19). The maximum atomic E-state index is 11.1. The Morgan fingerprint density at radius 1 is 1.05 bits per heavy atom. The van der Waals surface area contributed by atoms with Crippen molar-refractivity contribution >= 4 is 11.8 Å². The number of nitrogens with zero attached hydrogens (tertiary/aromatic N) is 2. The van der Waals surface area contributed by atoms with E-state index in [1.165, 1.54) is 0 Å². The highest BCUT2D eigenvalue weighted by molar-refractivity contribution is 5.65. The Bertz CT molecular complexity index is 599. The van der Waals surface area contributed by atoms with Gasteiger partial charge in [0.1, 0.15) is 0 Å². The van der Waals surface area contributed by atoms with Crippen LogP contribution in [-0.2, 0) is 10.5 Å². The lowest BCUT2D eigenvalue weighted by molar-refractivity contribution is 0.0298. The molecule has 0 saturated carbocycles. The first-order valence-electron chi connectivity index (χ1n) is 6.12. The van der Waals surface area contributed by atoms with Gasteiger partial charge < -0.3 is 10.5 Å². The summed E-state index contributed by atoms with van der Waals surface area (Å²) in [5.41, 5.74) is 5.24. The van der Waals surface area contributed by atoms with Crippen molar-refractivity contribution in [1.29, 1.82) is 0 Å². The molecule has 0 aliphatic carbocycles. The van der Waals surface area contributed by atoms with Crippen molar-refractivity contribution in [1.82, 2.24) is 0 Å². The zero-order chi connectivity index (χ0) is 14.4. The number of nitrogens with two attached hydrogens (primary N) is 1. The first-order chi connectivity index (χ1) is 9.60. The highest BCUT2D eigenvalue weighted by atomic mass is 16.6. The second-order valence-corrected chi connectivity index (χ2v) is 4.31. The van der Waals surface area contributed by atoms with Crippen LogP contribution in [0.1, 0.15) is 12.5 Å². The fourth-order valence-electron chi connectivity index (χ4n) is 1.73. The average molecular weight is 269 g/mol. The van der Waals surface area contributed by atoms with E-state index in [2.05, 4.69) is 10.2 Å². The molecule has 2 aromatic carbocycles. The molecule has 5 heteroatoms. The summed E-state index contributed by atoms with van der Waals surface area (Å²) >= 11 is 0. The molecule has 2 rings (SSSR count). The van der Waals surface area contributed by atoms with E-state index in [1.54, 1.807) is 31.2 Å². The molecule has 0 saturated heterocycles. The Balaban J connectivity index is 2.33. The van der Waals surface area contributed by atoms with Crippen molar-refractivity contribution in [3.63, 3.8) is 0 Å². The van der Waals surface area contributed by atoms with E-state index in [-0.39, 0.29) is 0 Å². The number of primary amides is 1. The van der Waals surface area contributed by atoms with E-state index in [0.717, 1.165) is 0 Å². The minimum Gasteiger partial charge on any atom is -0.415 e. The fourth-order valence-corrected chi connectivity index (χ4v) is 1.73. The van der Waals surface area contributed by atoms with Crippen LogP contribution in [0.25, 0.3) is 0 Å². The number of benzene rings is 2. The molecule has 1 atom stereocenters. The number of ether oxygens (including phenoxy) is 1. The molecule has 0 aromatic heterocycles. The minimum absolute atomic E-state index is 0.669. The van der Waals surface area contributed by atoms with Crippen molar-refractivity contribution in [2.45, 2.75) is 12.6 Å². The Morgan fingerprint density at radius 2 is 1.60 bits per heavy atom. The summed E-state index contributed by atoms with van der Waals surface area (Å²) in [4.78, 5) is 11.1. The van der Waals surface area contributed by atoms with E-state index >= 15 is 0 Å². The number of carbonyl (C=O) groups is 1. The van der Waals surface area contributed by atoms with Crippen molar-refractivity contribution in [3.8, 4) is 0 Å². The van der Waals surface area contributed by atoms with Gasteiger partial charge in [-0.15, -0.1) is 5.11 Å². The van der Waals surface area contributed by atoms with E-state index < -0.39 is 11.8 Å². The summed E-state index contributed by atoms with van der Waals surface area (Å²) in [6, 6.07) is 18.3. The molecule has 102 valence electrons. The lowest BCUT2D eigenvalue weighted by atomic mass is 10.1. The van der Waals surface area contributed by atoms with Crippen LogP contribution in [-0.4, -0.2) is 6.09 Å². The van der Waals surface area contributed by atoms with Crippen LogP contribution in [0.3, 0.4) is 0 Å². The lowest BCUT2D eigenvalue weighted by Crippen LogP contribution is -2.29. The number of rotatable bonds is 4. The van der Waals surface area contributed by atoms with Gasteiger partial charge >= 0.3 is 6.09 Å². The highest BCUT2D eigenvalue weighted by Crippen LogP contribution is 2.28. The minimum atomic E-state index is -1.25. The summed E-state index contributed by atoms with van der Waals surface area (Å²) in [7, 11) is 0. The molecule has 0 aliphatic rings. The maximum absolute atomic E-state index is 11.1. The summed E-state index contributed by atoms with van der Waals surface area (Å²) in [6.45, 7) is 1.64. The number of azo groups is 1. The largest absolute Gasteiger partial charge is 0.415 e. The first-order valence-corrected chi connectivity index (χ1v) is 6.12. The second kappa shape index (κ2) is 5.97. The molecule has 20 heavy (non-hydrogen) atoms. The molecule has 0 aliphatic heterocycles. The lowest BCUT2D eigenvalue weighted by Gasteiger charge is -2.23. The van der Waals surface area contributed by atoms with Gasteiger partial charge in [-0.3, -0.25) is 0 Å². The van der Waals surface area contributed by atoms with Gasteiger partial charge in [0.25, 0.3) is 0 Å². The Morgan fingerprint density at radius 3 is 2.15 bits per heavy atom. The predicted molar refractivity (Wildman–Crippen MR) is 75.4 cm³/mol. The topological polar surface area (TPSA) is 77.0 Å². The van der Waals surface area contributed by atoms with Gasteiger partial charge in [-0.25, -0.2) is 4.79 Å². The van der Waals surface area contributed by atoms with E-state index in [4.69, 9.17) is 10.5 Å². The number of amides is 1. The van der Waals surface area contributed by atoms with Crippen LogP contribution >= 0.6 is 0 Å². The Labute approximate surface area is 117 Å². The smallest absolute Gasteiger partial charge is 0.406 e. The summed E-state index contributed by atoms with van der Waals surface area (Å²) in [6.07, 6.45) is -0.900. The molecular formula is C15H15N3O2. The normalized spacial score (nSPS) is 13.8. The predicted octanol–water partition coefficient (Wildman–Crippen LogP) is 3.74. The van der Waals surface area contributed by atoms with Gasteiger partial charge in [0.2, 0.25) is 5.72 Å². The van der Waals surface area contributed by atoms with Crippen LogP contribution in [0.15, 0.2) is 70.9 Å². The summed E-state index contributed by atoms with van der Waals surface area (Å²) in [5.74, 6) is 0. The van der Waals surface area contributed by atoms with Crippen molar-refractivity contribution in [3.05, 3.63) is 66.2 Å². The molecule has 1 amide bonds. The van der Waals surface area contributed by atoms with Crippen molar-refractivity contribution < 1.29 is 9.53 Å². The summed E-state index contributed by atoms with van der Waals surface area (Å²) in [5, 5.41) is 8.24. The van der Waals surface area contributed by atoms with Gasteiger partial charge in [0.05, 0.1) is 5.69 Å². The Kier molecular flexibility index (Phi) is 4.10. The van der Waals surface area contributed by atoms with Gasteiger partial charge in [0.15, 0.2) is 0 Å². The van der Waals surface area contributed by atoms with Crippen molar-refractivity contribution in [2.75, 3.05) is 0 Å². The van der Waals surface area contributed by atoms with E-state index in [0.29, 0.717) is 11.3 Å². The van der Waals surface area contributed by atoms with Gasteiger partial charge in [-0.05, 0) is 12.1 Å². The number of hydrogen-bond donors (Lipinski definition) is 1. The third-order valence-electron chi connectivity index (χ3n) is 2.72. The third kappa shape index (κ3) is 3.41. The molecule has 0 bridgehead atoms. The molecule has 0 heterocycles. The van der Waals surface area contributed by atoms with Gasteiger partial charge in [-0.2, -0.15) is 5.11 Å². The van der Waals surface area contributed by atoms with Gasteiger partial charge in [0, 0.05) is 12.5 Å². The molecule has 1 unspecified atom stereocenters. The summed E-state index contributed by atoms with van der Waals surface area (Å²) < 4.78 is 5.12. The van der Waals surface area contributed by atoms with Crippen LogP contribution in [0.4, 0.5) is 10.5 Å². The third-order valence-corrected chi connectivity index (χ3v) is 2.72. The molecular weight excluding hydrogens is 254 g/mol.